The van der Waals surface area contributed by atoms with Gasteiger partial charge in [0, 0.05) is 26.0 Å². The van der Waals surface area contributed by atoms with Gasteiger partial charge in [0.1, 0.15) is 5.82 Å². The molecule has 5 nitrogen and oxygen atoms in total. The molecule has 2 heterocycles. The molecular formula is C24H22N4O. The highest BCUT2D eigenvalue weighted by atomic mass is 16.2. The van der Waals surface area contributed by atoms with E-state index in [1.165, 1.54) is 0 Å². The highest BCUT2D eigenvalue weighted by Crippen LogP contribution is 2.18. The first-order chi connectivity index (χ1) is 14.2. The summed E-state index contributed by atoms with van der Waals surface area (Å²) in [7, 11) is 1.79. The maximum absolute atomic E-state index is 12.7. The summed E-state index contributed by atoms with van der Waals surface area (Å²) in [4.78, 5) is 23.2. The highest BCUT2D eigenvalue weighted by Gasteiger charge is 2.16. The number of benzene rings is 2. The van der Waals surface area contributed by atoms with Gasteiger partial charge in [-0.1, -0.05) is 54.6 Å². The Bertz CT molecular complexity index is 1130. The first-order valence-corrected chi connectivity index (χ1v) is 9.53. The second-order valence-electron chi connectivity index (χ2n) is 6.84. The molecule has 4 aromatic rings. The summed E-state index contributed by atoms with van der Waals surface area (Å²) in [5.74, 6) is 0.778. The largest absolute Gasteiger partial charge is 0.334 e. The maximum Gasteiger partial charge on any atom is 0.255 e. The molecule has 4 rings (SSSR count). The summed E-state index contributed by atoms with van der Waals surface area (Å²) in [5.41, 5.74) is 3.71. The molecule has 0 spiro atoms. The predicted molar refractivity (Wildman–Crippen MR) is 115 cm³/mol. The van der Waals surface area contributed by atoms with E-state index in [1.54, 1.807) is 36.5 Å². The molecule has 0 aliphatic rings. The summed E-state index contributed by atoms with van der Waals surface area (Å²) in [5, 5.41) is 0. The standard InChI is InChI=1S/C24H22N4O/c1-27(24(29)20-12-7-15-25-17-20)18-23-26-21-13-5-6-14-22(21)28(23)16-8-11-19-9-3-2-4-10-19/h2-15,17H,16,18H2,1H3/b11-8+. The van der Waals surface area contributed by atoms with Crippen molar-refractivity contribution in [1.29, 1.82) is 0 Å². The van der Waals surface area contributed by atoms with Crippen molar-refractivity contribution in [2.24, 2.45) is 0 Å². The lowest BCUT2D eigenvalue weighted by atomic mass is 10.2. The zero-order valence-corrected chi connectivity index (χ0v) is 16.3. The number of fused-ring (bicyclic) bond motifs is 1. The number of hydrogen-bond acceptors (Lipinski definition) is 3. The van der Waals surface area contributed by atoms with Gasteiger partial charge in [0.05, 0.1) is 23.1 Å². The molecule has 0 bridgehead atoms. The molecule has 0 aliphatic heterocycles. The number of nitrogens with zero attached hydrogens (tertiary/aromatic N) is 4. The number of pyridine rings is 1. The van der Waals surface area contributed by atoms with Crippen LogP contribution in [0.2, 0.25) is 0 Å². The van der Waals surface area contributed by atoms with Gasteiger partial charge in [0.25, 0.3) is 5.91 Å². The Labute approximate surface area is 170 Å². The average molecular weight is 382 g/mol. The zero-order chi connectivity index (χ0) is 20.1. The van der Waals surface area contributed by atoms with Crippen LogP contribution in [0.3, 0.4) is 0 Å². The van der Waals surface area contributed by atoms with Gasteiger partial charge in [-0.3, -0.25) is 9.78 Å². The average Bonchev–Trinajstić information content (AvgIpc) is 3.11. The van der Waals surface area contributed by atoms with E-state index >= 15 is 0 Å². The lowest BCUT2D eigenvalue weighted by molar-refractivity contribution is 0.0780. The highest BCUT2D eigenvalue weighted by molar-refractivity contribution is 5.93. The summed E-state index contributed by atoms with van der Waals surface area (Å²) >= 11 is 0. The summed E-state index contributed by atoms with van der Waals surface area (Å²) in [6.07, 6.45) is 7.47. The molecule has 0 atom stereocenters. The Morgan fingerprint density at radius 2 is 1.83 bits per heavy atom. The summed E-state index contributed by atoms with van der Waals surface area (Å²) in [6, 6.07) is 21.8. The molecule has 2 aromatic heterocycles. The minimum atomic E-state index is -0.0727. The van der Waals surface area contributed by atoms with Gasteiger partial charge in [-0.15, -0.1) is 0 Å². The van der Waals surface area contributed by atoms with Crippen LogP contribution in [0, 0.1) is 0 Å². The van der Waals surface area contributed by atoms with Crippen LogP contribution in [-0.4, -0.2) is 32.4 Å². The lowest BCUT2D eigenvalue weighted by Crippen LogP contribution is -2.27. The van der Waals surface area contributed by atoms with Gasteiger partial charge in [-0.05, 0) is 29.8 Å². The van der Waals surface area contributed by atoms with Crippen LogP contribution in [0.5, 0.6) is 0 Å². The molecular weight excluding hydrogens is 360 g/mol. The van der Waals surface area contributed by atoms with E-state index in [-0.39, 0.29) is 5.91 Å². The van der Waals surface area contributed by atoms with Crippen molar-refractivity contribution in [3.63, 3.8) is 0 Å². The summed E-state index contributed by atoms with van der Waals surface area (Å²) < 4.78 is 2.15. The minimum absolute atomic E-state index is 0.0727. The molecule has 0 saturated carbocycles. The SMILES string of the molecule is CN(Cc1nc2ccccc2n1C/C=C/c1ccccc1)C(=O)c1cccnc1. The molecule has 0 radical (unpaired) electrons. The molecule has 5 heteroatoms. The van der Waals surface area contributed by atoms with E-state index in [0.29, 0.717) is 18.7 Å². The van der Waals surface area contributed by atoms with E-state index < -0.39 is 0 Å². The topological polar surface area (TPSA) is 51.0 Å². The van der Waals surface area contributed by atoms with Crippen molar-refractivity contribution in [2.75, 3.05) is 7.05 Å². The summed E-state index contributed by atoms with van der Waals surface area (Å²) in [6.45, 7) is 1.10. The van der Waals surface area contributed by atoms with Crippen LogP contribution in [-0.2, 0) is 13.1 Å². The smallest absolute Gasteiger partial charge is 0.255 e. The van der Waals surface area contributed by atoms with E-state index in [2.05, 4.69) is 39.9 Å². The van der Waals surface area contributed by atoms with Crippen LogP contribution in [0.4, 0.5) is 0 Å². The number of carbonyl (C=O) groups is 1. The molecule has 0 saturated heterocycles. The minimum Gasteiger partial charge on any atom is -0.334 e. The Balaban J connectivity index is 1.59. The zero-order valence-electron chi connectivity index (χ0n) is 16.3. The fourth-order valence-corrected chi connectivity index (χ4v) is 3.30. The second kappa shape index (κ2) is 8.52. The number of para-hydroxylation sites is 2. The van der Waals surface area contributed by atoms with Crippen LogP contribution in [0.1, 0.15) is 21.7 Å². The first kappa shape index (κ1) is 18.6. The van der Waals surface area contributed by atoms with E-state index in [0.717, 1.165) is 22.4 Å². The fourth-order valence-electron chi connectivity index (χ4n) is 3.30. The van der Waals surface area contributed by atoms with E-state index in [9.17, 15) is 4.79 Å². The lowest BCUT2D eigenvalue weighted by Gasteiger charge is -2.17. The van der Waals surface area contributed by atoms with Crippen molar-refractivity contribution >= 4 is 23.0 Å². The van der Waals surface area contributed by atoms with Crippen molar-refractivity contribution < 1.29 is 4.79 Å². The molecule has 0 N–H and O–H groups in total. The molecule has 2 aromatic carbocycles. The van der Waals surface area contributed by atoms with Crippen LogP contribution in [0.25, 0.3) is 17.1 Å². The predicted octanol–water partition coefficient (Wildman–Crippen LogP) is 4.42. The number of hydrogen-bond donors (Lipinski definition) is 0. The number of rotatable bonds is 6. The van der Waals surface area contributed by atoms with Crippen molar-refractivity contribution in [3.05, 3.63) is 102 Å². The molecule has 144 valence electrons. The molecule has 1 amide bonds. The third kappa shape index (κ3) is 4.24. The van der Waals surface area contributed by atoms with Crippen molar-refractivity contribution in [1.82, 2.24) is 19.4 Å². The Hall–Kier alpha value is -3.73. The molecule has 29 heavy (non-hydrogen) atoms. The third-order valence-electron chi connectivity index (χ3n) is 4.77. The van der Waals surface area contributed by atoms with Gasteiger partial charge in [0.15, 0.2) is 0 Å². The van der Waals surface area contributed by atoms with Gasteiger partial charge in [-0.25, -0.2) is 4.98 Å². The molecule has 0 fully saturated rings. The van der Waals surface area contributed by atoms with Gasteiger partial charge in [-0.2, -0.15) is 0 Å². The number of allylic oxidation sites excluding steroid dienone is 1. The number of amides is 1. The number of aromatic nitrogens is 3. The van der Waals surface area contributed by atoms with Gasteiger partial charge < -0.3 is 9.47 Å². The molecule has 0 aliphatic carbocycles. The van der Waals surface area contributed by atoms with Crippen molar-refractivity contribution in [3.8, 4) is 0 Å². The van der Waals surface area contributed by atoms with Gasteiger partial charge in [0.2, 0.25) is 0 Å². The van der Waals surface area contributed by atoms with Crippen LogP contribution < -0.4 is 0 Å². The maximum atomic E-state index is 12.7. The monoisotopic (exact) mass is 382 g/mol. The Morgan fingerprint density at radius 3 is 2.62 bits per heavy atom. The quantitative estimate of drug-likeness (QED) is 0.496. The van der Waals surface area contributed by atoms with Crippen molar-refractivity contribution in [2.45, 2.75) is 13.1 Å². The van der Waals surface area contributed by atoms with Gasteiger partial charge >= 0.3 is 0 Å². The molecule has 0 unspecified atom stereocenters. The Kier molecular flexibility index (Phi) is 5.47. The second-order valence-corrected chi connectivity index (χ2v) is 6.84. The van der Waals surface area contributed by atoms with Crippen LogP contribution >= 0.6 is 0 Å². The number of carbonyl (C=O) groups excluding carboxylic acids is 1. The van der Waals surface area contributed by atoms with Crippen LogP contribution in [0.15, 0.2) is 85.2 Å². The first-order valence-electron chi connectivity index (χ1n) is 9.53. The van der Waals surface area contributed by atoms with E-state index in [1.807, 2.05) is 36.4 Å². The third-order valence-corrected chi connectivity index (χ3v) is 4.77. The number of imidazole rings is 1. The normalized spacial score (nSPS) is 11.2. The van der Waals surface area contributed by atoms with E-state index in [4.69, 9.17) is 4.98 Å². The Morgan fingerprint density at radius 1 is 1.03 bits per heavy atom. The fraction of sp³-hybridized carbons (Fsp3) is 0.125.